The molecule has 0 radical (unpaired) electrons. The lowest BCUT2D eigenvalue weighted by molar-refractivity contribution is 0.294. The molecule has 2 rings (SSSR count). The Morgan fingerprint density at radius 2 is 1.76 bits per heavy atom. The van der Waals surface area contributed by atoms with Crippen LogP contribution in [0.4, 0.5) is 11.5 Å². The van der Waals surface area contributed by atoms with Crippen LogP contribution in [-0.4, -0.2) is 23.0 Å². The van der Waals surface area contributed by atoms with E-state index in [0.29, 0.717) is 5.92 Å². The highest BCUT2D eigenvalue weighted by atomic mass is 15.1. The smallest absolute Gasteiger partial charge is 0.130 e. The van der Waals surface area contributed by atoms with Crippen LogP contribution < -0.4 is 5.32 Å². The summed E-state index contributed by atoms with van der Waals surface area (Å²) < 4.78 is 0. The van der Waals surface area contributed by atoms with Crippen molar-refractivity contribution < 1.29 is 0 Å². The van der Waals surface area contributed by atoms with Gasteiger partial charge in [0, 0.05) is 18.4 Å². The van der Waals surface area contributed by atoms with E-state index in [0.717, 1.165) is 31.1 Å². The van der Waals surface area contributed by atoms with E-state index in [2.05, 4.69) is 80.2 Å². The van der Waals surface area contributed by atoms with Gasteiger partial charge in [-0.25, -0.2) is 4.98 Å². The van der Waals surface area contributed by atoms with Gasteiger partial charge in [-0.15, -0.1) is 0 Å². The van der Waals surface area contributed by atoms with E-state index >= 15 is 0 Å². The molecule has 0 amide bonds. The number of aromatic nitrogens is 1. The fraction of sp³-hybridized carbons (Fsp3) is 0.500. The molecule has 3 nitrogen and oxygen atoms in total. The summed E-state index contributed by atoms with van der Waals surface area (Å²) in [6.07, 6.45) is 2.03. The minimum atomic E-state index is 0.488. The molecule has 0 spiro atoms. The van der Waals surface area contributed by atoms with Crippen molar-refractivity contribution >= 4 is 11.5 Å². The molecular formula is C22H35N3. The SMILES string of the molecule is CC.CCN(CC)Cc1cnc(Nc2cccc(C)c2)cc1C(C)C. The highest BCUT2D eigenvalue weighted by molar-refractivity contribution is 5.58. The molecule has 1 aromatic heterocycles. The summed E-state index contributed by atoms with van der Waals surface area (Å²) in [7, 11) is 0. The molecule has 0 unspecified atom stereocenters. The van der Waals surface area contributed by atoms with Gasteiger partial charge in [-0.05, 0) is 60.8 Å². The van der Waals surface area contributed by atoms with Crippen molar-refractivity contribution in [2.75, 3.05) is 18.4 Å². The third-order valence-electron chi connectivity index (χ3n) is 4.22. The fourth-order valence-corrected chi connectivity index (χ4v) is 2.80. The van der Waals surface area contributed by atoms with Crippen molar-refractivity contribution in [3.05, 3.63) is 53.2 Å². The number of anilines is 2. The van der Waals surface area contributed by atoms with Gasteiger partial charge in [0.2, 0.25) is 0 Å². The van der Waals surface area contributed by atoms with Crippen molar-refractivity contribution in [1.82, 2.24) is 9.88 Å². The van der Waals surface area contributed by atoms with Gasteiger partial charge in [-0.1, -0.05) is 53.7 Å². The Morgan fingerprint density at radius 3 is 2.32 bits per heavy atom. The van der Waals surface area contributed by atoms with E-state index < -0.39 is 0 Å². The molecule has 0 aliphatic heterocycles. The number of aryl methyl sites for hydroxylation is 1. The van der Waals surface area contributed by atoms with Crippen LogP contribution in [0.3, 0.4) is 0 Å². The topological polar surface area (TPSA) is 28.2 Å². The van der Waals surface area contributed by atoms with Gasteiger partial charge in [0.05, 0.1) is 0 Å². The van der Waals surface area contributed by atoms with E-state index in [9.17, 15) is 0 Å². The van der Waals surface area contributed by atoms with E-state index in [1.165, 1.54) is 16.7 Å². The molecule has 0 aliphatic rings. The number of hydrogen-bond donors (Lipinski definition) is 1. The fourth-order valence-electron chi connectivity index (χ4n) is 2.80. The number of benzene rings is 1. The van der Waals surface area contributed by atoms with Crippen LogP contribution in [-0.2, 0) is 6.54 Å². The zero-order valence-electron chi connectivity index (χ0n) is 17.1. The second kappa shape index (κ2) is 10.9. The number of pyridine rings is 1. The summed E-state index contributed by atoms with van der Waals surface area (Å²) >= 11 is 0. The highest BCUT2D eigenvalue weighted by Crippen LogP contribution is 2.25. The molecule has 1 N–H and O–H groups in total. The number of hydrogen-bond acceptors (Lipinski definition) is 3. The molecule has 1 heterocycles. The molecule has 2 aromatic rings. The molecule has 0 saturated heterocycles. The third-order valence-corrected chi connectivity index (χ3v) is 4.22. The van der Waals surface area contributed by atoms with Crippen LogP contribution in [0.1, 0.15) is 64.2 Å². The maximum Gasteiger partial charge on any atom is 0.130 e. The number of rotatable bonds is 7. The molecule has 138 valence electrons. The third kappa shape index (κ3) is 6.50. The molecule has 0 fully saturated rings. The Bertz CT molecular complexity index is 631. The predicted octanol–water partition coefficient (Wildman–Crippen LogP) is 6.13. The van der Waals surface area contributed by atoms with Crippen molar-refractivity contribution in [2.24, 2.45) is 0 Å². The number of nitrogens with one attached hydrogen (secondary N) is 1. The summed E-state index contributed by atoms with van der Waals surface area (Å²) in [6, 6.07) is 10.6. The first-order chi connectivity index (χ1) is 12.0. The maximum atomic E-state index is 4.63. The van der Waals surface area contributed by atoms with E-state index in [1.54, 1.807) is 0 Å². The van der Waals surface area contributed by atoms with E-state index in [4.69, 9.17) is 0 Å². The van der Waals surface area contributed by atoms with Crippen molar-refractivity contribution in [1.29, 1.82) is 0 Å². The predicted molar refractivity (Wildman–Crippen MR) is 111 cm³/mol. The molecule has 0 atom stereocenters. The minimum absolute atomic E-state index is 0.488. The normalized spacial score (nSPS) is 10.6. The second-order valence-corrected chi connectivity index (χ2v) is 6.38. The van der Waals surface area contributed by atoms with Gasteiger partial charge in [-0.2, -0.15) is 0 Å². The van der Waals surface area contributed by atoms with Crippen LogP contribution in [0.2, 0.25) is 0 Å². The van der Waals surface area contributed by atoms with Crippen LogP contribution >= 0.6 is 0 Å². The molecule has 0 aliphatic carbocycles. The lowest BCUT2D eigenvalue weighted by atomic mass is 9.98. The Balaban J connectivity index is 0.00000151. The number of nitrogens with zero attached hydrogens (tertiary/aromatic N) is 2. The molecule has 0 saturated carbocycles. The van der Waals surface area contributed by atoms with Crippen molar-refractivity contribution in [2.45, 2.75) is 60.9 Å². The molecule has 25 heavy (non-hydrogen) atoms. The van der Waals surface area contributed by atoms with Crippen LogP contribution in [0.5, 0.6) is 0 Å². The summed E-state index contributed by atoms with van der Waals surface area (Å²) in [6.45, 7) is 18.1. The summed E-state index contributed by atoms with van der Waals surface area (Å²) in [4.78, 5) is 7.06. The van der Waals surface area contributed by atoms with Crippen LogP contribution in [0.25, 0.3) is 0 Å². The van der Waals surface area contributed by atoms with Gasteiger partial charge in [0.1, 0.15) is 5.82 Å². The minimum Gasteiger partial charge on any atom is -0.340 e. The monoisotopic (exact) mass is 341 g/mol. The first-order valence-electron chi connectivity index (χ1n) is 9.58. The zero-order valence-corrected chi connectivity index (χ0v) is 17.1. The Hall–Kier alpha value is -1.87. The summed E-state index contributed by atoms with van der Waals surface area (Å²) in [5.74, 6) is 1.41. The maximum absolute atomic E-state index is 4.63. The molecule has 0 bridgehead atoms. The Kier molecular flexibility index (Phi) is 9.22. The largest absolute Gasteiger partial charge is 0.340 e. The van der Waals surface area contributed by atoms with Gasteiger partial charge >= 0.3 is 0 Å². The zero-order chi connectivity index (χ0) is 18.8. The average molecular weight is 342 g/mol. The Morgan fingerprint density at radius 1 is 1.08 bits per heavy atom. The van der Waals surface area contributed by atoms with Crippen molar-refractivity contribution in [3.8, 4) is 0 Å². The quantitative estimate of drug-likeness (QED) is 0.657. The molecular weight excluding hydrogens is 306 g/mol. The van der Waals surface area contributed by atoms with Gasteiger partial charge in [-0.3, -0.25) is 4.90 Å². The second-order valence-electron chi connectivity index (χ2n) is 6.38. The summed E-state index contributed by atoms with van der Waals surface area (Å²) in [5.41, 5.74) is 5.04. The van der Waals surface area contributed by atoms with Gasteiger partial charge in [0.15, 0.2) is 0 Å². The van der Waals surface area contributed by atoms with E-state index in [1.807, 2.05) is 20.0 Å². The first kappa shape index (κ1) is 21.2. The van der Waals surface area contributed by atoms with E-state index in [-0.39, 0.29) is 0 Å². The van der Waals surface area contributed by atoms with Gasteiger partial charge in [0.25, 0.3) is 0 Å². The van der Waals surface area contributed by atoms with Crippen LogP contribution in [0, 0.1) is 6.92 Å². The van der Waals surface area contributed by atoms with Crippen molar-refractivity contribution in [3.63, 3.8) is 0 Å². The molecule has 3 heteroatoms. The molecule has 1 aromatic carbocycles. The van der Waals surface area contributed by atoms with Gasteiger partial charge < -0.3 is 5.32 Å². The average Bonchev–Trinajstić information content (AvgIpc) is 2.62. The standard InChI is InChI=1S/C20H29N3.C2H6/c1-6-23(7-2)14-17-13-21-20(12-19(17)15(3)4)22-18-10-8-9-16(5)11-18;1-2/h8-13,15H,6-7,14H2,1-5H3,(H,21,22);1-2H3. The van der Waals surface area contributed by atoms with Crippen LogP contribution in [0.15, 0.2) is 36.5 Å². The lowest BCUT2D eigenvalue weighted by Gasteiger charge is -2.22. The Labute approximate surface area is 154 Å². The highest BCUT2D eigenvalue weighted by Gasteiger charge is 2.11. The first-order valence-corrected chi connectivity index (χ1v) is 9.58. The lowest BCUT2D eigenvalue weighted by Crippen LogP contribution is -2.23. The summed E-state index contributed by atoms with van der Waals surface area (Å²) in [5, 5.41) is 3.42.